The zero-order valence-electron chi connectivity index (χ0n) is 14.3. The summed E-state index contributed by atoms with van der Waals surface area (Å²) in [5.74, 6) is 1.72. The van der Waals surface area contributed by atoms with E-state index in [0.29, 0.717) is 6.54 Å². The predicted molar refractivity (Wildman–Crippen MR) is 91.8 cm³/mol. The number of fused-ring (bicyclic) bond motifs is 1. The summed E-state index contributed by atoms with van der Waals surface area (Å²) in [5.41, 5.74) is 0.593. The van der Waals surface area contributed by atoms with E-state index >= 15 is 0 Å². The number of nitrogens with zero attached hydrogens (tertiary/aromatic N) is 4. The van der Waals surface area contributed by atoms with E-state index in [1.165, 1.54) is 0 Å². The summed E-state index contributed by atoms with van der Waals surface area (Å²) < 4.78 is 7.39. The first-order valence-electron chi connectivity index (χ1n) is 7.91. The molecule has 23 heavy (non-hydrogen) atoms. The lowest BCUT2D eigenvalue weighted by atomic mass is 10.1. The predicted octanol–water partition coefficient (Wildman–Crippen LogP) is 1.25. The van der Waals surface area contributed by atoms with Gasteiger partial charge in [-0.25, -0.2) is 0 Å². The van der Waals surface area contributed by atoms with E-state index in [4.69, 9.17) is 4.74 Å². The van der Waals surface area contributed by atoms with Crippen LogP contribution in [0.15, 0.2) is 29.4 Å². The van der Waals surface area contributed by atoms with Gasteiger partial charge in [0, 0.05) is 32.8 Å². The summed E-state index contributed by atoms with van der Waals surface area (Å²) in [6, 6.07) is 5.88. The molecule has 0 unspecified atom stereocenters. The lowest BCUT2D eigenvalue weighted by Crippen LogP contribution is -2.40. The van der Waals surface area contributed by atoms with Gasteiger partial charge >= 0.3 is 0 Å². The van der Waals surface area contributed by atoms with Crippen molar-refractivity contribution in [3.63, 3.8) is 0 Å². The average molecular weight is 318 g/mol. The summed E-state index contributed by atoms with van der Waals surface area (Å²) in [6.07, 6.45) is 2.74. The van der Waals surface area contributed by atoms with Gasteiger partial charge in [-0.15, -0.1) is 10.2 Å². The molecule has 0 bridgehead atoms. The Hall–Kier alpha value is -2.15. The van der Waals surface area contributed by atoms with Crippen molar-refractivity contribution in [2.75, 3.05) is 26.7 Å². The molecular formula is C16H26N6O. The third kappa shape index (κ3) is 4.92. The number of methoxy groups -OCH3 is 1. The molecule has 2 aromatic rings. The standard InChI is InChI=1S/C16H26N6O/c1-5-17-15(19-12-16(2,3)23-4)18-10-9-14-21-20-13-8-6-7-11-22(13)14/h6-8,11H,5,9-10,12H2,1-4H3,(H2,17,18,19). The maximum atomic E-state index is 5.39. The zero-order valence-corrected chi connectivity index (χ0v) is 14.3. The van der Waals surface area contributed by atoms with Crippen molar-refractivity contribution in [1.29, 1.82) is 0 Å². The third-order valence-corrected chi connectivity index (χ3v) is 3.54. The molecule has 2 N–H and O–H groups in total. The van der Waals surface area contributed by atoms with Crippen molar-refractivity contribution in [1.82, 2.24) is 25.2 Å². The van der Waals surface area contributed by atoms with E-state index in [2.05, 4.69) is 25.8 Å². The number of nitrogens with one attached hydrogen (secondary N) is 2. The van der Waals surface area contributed by atoms with Crippen LogP contribution in [0.3, 0.4) is 0 Å². The van der Waals surface area contributed by atoms with Crippen LogP contribution in [0.2, 0.25) is 0 Å². The summed E-state index contributed by atoms with van der Waals surface area (Å²) in [6.45, 7) is 8.21. The van der Waals surface area contributed by atoms with Gasteiger partial charge in [0.2, 0.25) is 0 Å². The van der Waals surface area contributed by atoms with Gasteiger partial charge in [-0.05, 0) is 32.9 Å². The molecule has 0 spiro atoms. The number of aliphatic imine (C=N–C) groups is 1. The lowest BCUT2D eigenvalue weighted by molar-refractivity contribution is 0.0310. The molecule has 0 amide bonds. The number of aromatic nitrogens is 3. The van der Waals surface area contributed by atoms with Gasteiger partial charge in [0.1, 0.15) is 5.82 Å². The Morgan fingerprint density at radius 3 is 2.87 bits per heavy atom. The highest BCUT2D eigenvalue weighted by molar-refractivity contribution is 5.79. The van der Waals surface area contributed by atoms with E-state index in [1.54, 1.807) is 7.11 Å². The van der Waals surface area contributed by atoms with Gasteiger partial charge in [-0.1, -0.05) is 6.07 Å². The van der Waals surface area contributed by atoms with Gasteiger partial charge < -0.3 is 15.4 Å². The molecule has 7 heteroatoms. The molecule has 126 valence electrons. The molecule has 2 heterocycles. The monoisotopic (exact) mass is 318 g/mol. The SMILES string of the molecule is CCNC(=NCC(C)(C)OC)NCCc1nnc2ccccn12. The first-order valence-corrected chi connectivity index (χ1v) is 7.91. The number of pyridine rings is 1. The normalized spacial score (nSPS) is 12.6. The van der Waals surface area contributed by atoms with E-state index in [1.807, 2.05) is 49.6 Å². The quantitative estimate of drug-likeness (QED) is 0.593. The number of guanidine groups is 1. The van der Waals surface area contributed by atoms with Crippen molar-refractivity contribution in [2.45, 2.75) is 32.8 Å². The number of hydrogen-bond acceptors (Lipinski definition) is 4. The van der Waals surface area contributed by atoms with Crippen LogP contribution in [-0.4, -0.2) is 52.9 Å². The highest BCUT2D eigenvalue weighted by atomic mass is 16.5. The Balaban J connectivity index is 1.92. The van der Waals surface area contributed by atoms with Gasteiger partial charge in [0.25, 0.3) is 0 Å². The fourth-order valence-corrected chi connectivity index (χ4v) is 2.03. The van der Waals surface area contributed by atoms with Crippen molar-refractivity contribution >= 4 is 11.6 Å². The third-order valence-electron chi connectivity index (χ3n) is 3.54. The first kappa shape index (κ1) is 17.2. The van der Waals surface area contributed by atoms with Gasteiger partial charge in [0.05, 0.1) is 12.1 Å². The largest absolute Gasteiger partial charge is 0.377 e. The fourth-order valence-electron chi connectivity index (χ4n) is 2.03. The molecule has 7 nitrogen and oxygen atoms in total. The molecule has 0 atom stereocenters. The molecule has 0 saturated carbocycles. The molecule has 0 fully saturated rings. The molecule has 0 aliphatic carbocycles. The van der Waals surface area contributed by atoms with Crippen molar-refractivity contribution < 1.29 is 4.74 Å². The Bertz CT molecular complexity index is 649. The minimum absolute atomic E-state index is 0.272. The van der Waals surface area contributed by atoms with Crippen molar-refractivity contribution in [3.8, 4) is 0 Å². The second kappa shape index (κ2) is 7.92. The Morgan fingerprint density at radius 2 is 2.13 bits per heavy atom. The second-order valence-electron chi connectivity index (χ2n) is 5.88. The lowest BCUT2D eigenvalue weighted by Gasteiger charge is -2.21. The number of rotatable bonds is 7. The van der Waals surface area contributed by atoms with Gasteiger partial charge in [-0.2, -0.15) is 0 Å². The summed E-state index contributed by atoms with van der Waals surface area (Å²) >= 11 is 0. The topological polar surface area (TPSA) is 75.8 Å². The van der Waals surface area contributed by atoms with Crippen LogP contribution in [0.25, 0.3) is 5.65 Å². The molecule has 0 aromatic carbocycles. The van der Waals surface area contributed by atoms with Crippen LogP contribution in [0, 0.1) is 0 Å². The minimum Gasteiger partial charge on any atom is -0.377 e. The summed E-state index contributed by atoms with van der Waals surface area (Å²) in [5, 5.41) is 14.9. The van der Waals surface area contributed by atoms with Crippen LogP contribution in [0.5, 0.6) is 0 Å². The van der Waals surface area contributed by atoms with Crippen LogP contribution in [0.4, 0.5) is 0 Å². The van der Waals surface area contributed by atoms with Crippen LogP contribution in [0.1, 0.15) is 26.6 Å². The first-order chi connectivity index (χ1) is 11.1. The van der Waals surface area contributed by atoms with Crippen LogP contribution < -0.4 is 10.6 Å². The number of hydrogen-bond donors (Lipinski definition) is 2. The Morgan fingerprint density at radius 1 is 1.30 bits per heavy atom. The molecule has 2 rings (SSSR count). The average Bonchev–Trinajstić information content (AvgIpc) is 2.96. The molecule has 2 aromatic heterocycles. The highest BCUT2D eigenvalue weighted by Crippen LogP contribution is 2.07. The van der Waals surface area contributed by atoms with Gasteiger partial charge in [0.15, 0.2) is 11.6 Å². The van der Waals surface area contributed by atoms with E-state index in [-0.39, 0.29) is 5.60 Å². The fraction of sp³-hybridized carbons (Fsp3) is 0.562. The summed E-state index contributed by atoms with van der Waals surface area (Å²) in [4.78, 5) is 4.56. The summed E-state index contributed by atoms with van der Waals surface area (Å²) in [7, 11) is 1.70. The minimum atomic E-state index is -0.272. The molecule has 0 aliphatic rings. The second-order valence-corrected chi connectivity index (χ2v) is 5.88. The molecule has 0 aliphatic heterocycles. The van der Waals surface area contributed by atoms with Crippen LogP contribution in [-0.2, 0) is 11.2 Å². The maximum absolute atomic E-state index is 5.39. The highest BCUT2D eigenvalue weighted by Gasteiger charge is 2.15. The van der Waals surface area contributed by atoms with Crippen molar-refractivity contribution in [2.24, 2.45) is 4.99 Å². The zero-order chi connectivity index (χ0) is 16.7. The molecular weight excluding hydrogens is 292 g/mol. The smallest absolute Gasteiger partial charge is 0.191 e. The maximum Gasteiger partial charge on any atom is 0.191 e. The molecule has 0 saturated heterocycles. The van der Waals surface area contributed by atoms with Gasteiger partial charge in [-0.3, -0.25) is 9.39 Å². The van der Waals surface area contributed by atoms with Crippen LogP contribution >= 0.6 is 0 Å². The Kier molecular flexibility index (Phi) is 5.92. The van der Waals surface area contributed by atoms with Crippen molar-refractivity contribution in [3.05, 3.63) is 30.2 Å². The number of ether oxygens (including phenoxy) is 1. The van der Waals surface area contributed by atoms with E-state index < -0.39 is 0 Å². The Labute approximate surface area is 137 Å². The van der Waals surface area contributed by atoms with E-state index in [0.717, 1.165) is 36.9 Å². The molecule has 0 radical (unpaired) electrons. The van der Waals surface area contributed by atoms with E-state index in [9.17, 15) is 0 Å².